The van der Waals surface area contributed by atoms with Crippen LogP contribution in [0.4, 0.5) is 22.1 Å². The molecule has 2 nitrogen and oxygen atoms in total. The summed E-state index contributed by atoms with van der Waals surface area (Å²) >= 11 is 3.74. The summed E-state index contributed by atoms with van der Waals surface area (Å²) in [5, 5.41) is 0. The topological polar surface area (TPSA) is 18.5 Å². The van der Waals surface area contributed by atoms with Gasteiger partial charge in [-0.1, -0.05) is 0 Å². The molecule has 14 heavy (non-hydrogen) atoms. The van der Waals surface area contributed by atoms with E-state index in [9.17, 15) is 22.1 Å². The first-order valence-corrected chi connectivity index (χ1v) is 4.24. The van der Waals surface area contributed by atoms with E-state index in [-0.39, 0.29) is 6.61 Å². The molecule has 0 saturated heterocycles. The first kappa shape index (κ1) is 13.9. The van der Waals surface area contributed by atoms with Crippen molar-refractivity contribution in [1.29, 1.82) is 0 Å². The Kier molecular flexibility index (Phi) is 5.68. The van der Waals surface area contributed by atoms with Gasteiger partial charge in [-0.15, -0.1) is 4.94 Å². The Morgan fingerprint density at radius 3 is 2.07 bits per heavy atom. The second kappa shape index (κ2) is 5.72. The van der Waals surface area contributed by atoms with Gasteiger partial charge < -0.3 is 4.74 Å². The van der Waals surface area contributed by atoms with E-state index < -0.39 is 18.6 Å². The van der Waals surface area contributed by atoms with Gasteiger partial charge in [-0.25, -0.2) is 0 Å². The molecular formula is C6H9F5O2S. The van der Waals surface area contributed by atoms with Crippen LogP contribution in [0.1, 0.15) is 6.42 Å². The highest BCUT2D eigenvalue weighted by Crippen LogP contribution is 2.35. The number of rotatable bonds is 6. The largest absolute Gasteiger partial charge is 0.454 e. The maximum Gasteiger partial charge on any atom is 0.454 e. The minimum atomic E-state index is -5.46. The molecule has 0 radical (unpaired) electrons. The standard InChI is InChI=1S/C6H9F5O2S/c7-5(13-11,6(8,9)10)4-12-2-1-3-14/h14H,1-4H2. The van der Waals surface area contributed by atoms with Crippen molar-refractivity contribution in [2.75, 3.05) is 19.0 Å². The monoisotopic (exact) mass is 240 g/mol. The van der Waals surface area contributed by atoms with Gasteiger partial charge in [-0.3, -0.25) is 0 Å². The fourth-order valence-electron chi connectivity index (χ4n) is 0.518. The Bertz CT molecular complexity index is 165. The second-order valence-corrected chi connectivity index (χ2v) is 2.88. The Hall–Kier alpha value is -0.0800. The van der Waals surface area contributed by atoms with Crippen molar-refractivity contribution >= 4 is 12.6 Å². The first-order chi connectivity index (χ1) is 6.37. The van der Waals surface area contributed by atoms with Crippen molar-refractivity contribution in [3.8, 4) is 0 Å². The van der Waals surface area contributed by atoms with Crippen LogP contribution in [0.2, 0.25) is 0 Å². The van der Waals surface area contributed by atoms with E-state index in [1.54, 1.807) is 0 Å². The van der Waals surface area contributed by atoms with E-state index in [2.05, 4.69) is 22.3 Å². The van der Waals surface area contributed by atoms with Crippen LogP contribution in [-0.4, -0.2) is 31.0 Å². The van der Waals surface area contributed by atoms with Crippen molar-refractivity contribution < 1.29 is 31.8 Å². The SMILES string of the molecule is FOC(F)(COCCCS)C(F)(F)F. The zero-order valence-electron chi connectivity index (χ0n) is 6.98. The van der Waals surface area contributed by atoms with E-state index in [1.807, 2.05) is 0 Å². The molecule has 0 aliphatic carbocycles. The van der Waals surface area contributed by atoms with E-state index in [0.29, 0.717) is 12.2 Å². The normalized spacial score (nSPS) is 16.7. The lowest BCUT2D eigenvalue weighted by molar-refractivity contribution is -0.411. The van der Waals surface area contributed by atoms with Crippen LogP contribution in [0.5, 0.6) is 0 Å². The summed E-state index contributed by atoms with van der Waals surface area (Å²) in [6.45, 7) is -1.67. The molecular weight excluding hydrogens is 231 g/mol. The summed E-state index contributed by atoms with van der Waals surface area (Å²) in [5.74, 6) is -4.01. The van der Waals surface area contributed by atoms with Crippen molar-refractivity contribution in [3.05, 3.63) is 0 Å². The number of hydrogen-bond acceptors (Lipinski definition) is 3. The number of thiol groups is 1. The highest BCUT2D eigenvalue weighted by molar-refractivity contribution is 7.80. The predicted octanol–water partition coefficient (Wildman–Crippen LogP) is 2.45. The van der Waals surface area contributed by atoms with Gasteiger partial charge in [-0.05, 0) is 16.7 Å². The minimum absolute atomic E-state index is 0.144. The molecule has 0 aliphatic heterocycles. The molecule has 0 N–H and O–H groups in total. The zero-order chi connectivity index (χ0) is 11.2. The van der Waals surface area contributed by atoms with E-state index in [0.717, 1.165) is 0 Å². The summed E-state index contributed by atoms with van der Waals surface area (Å²) < 4.78 is 63.5. The molecule has 0 aromatic heterocycles. The maximum absolute atomic E-state index is 12.6. The molecule has 8 heteroatoms. The molecule has 86 valence electrons. The van der Waals surface area contributed by atoms with Gasteiger partial charge in [-0.2, -0.15) is 30.2 Å². The van der Waals surface area contributed by atoms with Crippen molar-refractivity contribution in [1.82, 2.24) is 0 Å². The van der Waals surface area contributed by atoms with Crippen LogP contribution in [0, 0.1) is 0 Å². The molecule has 1 unspecified atom stereocenters. The zero-order valence-corrected chi connectivity index (χ0v) is 7.88. The van der Waals surface area contributed by atoms with E-state index in [4.69, 9.17) is 0 Å². The fourth-order valence-corrected chi connectivity index (χ4v) is 0.647. The van der Waals surface area contributed by atoms with Gasteiger partial charge in [0.2, 0.25) is 0 Å². The highest BCUT2D eigenvalue weighted by atomic mass is 32.1. The Morgan fingerprint density at radius 2 is 1.71 bits per heavy atom. The Labute approximate surface area is 82.7 Å². The van der Waals surface area contributed by atoms with Crippen molar-refractivity contribution in [2.24, 2.45) is 0 Å². The molecule has 0 bridgehead atoms. The Morgan fingerprint density at radius 1 is 1.14 bits per heavy atom. The van der Waals surface area contributed by atoms with Gasteiger partial charge in [0, 0.05) is 6.61 Å². The van der Waals surface area contributed by atoms with Crippen molar-refractivity contribution in [3.63, 3.8) is 0 Å². The smallest absolute Gasteiger partial charge is 0.375 e. The van der Waals surface area contributed by atoms with Gasteiger partial charge in [0.25, 0.3) is 0 Å². The second-order valence-electron chi connectivity index (χ2n) is 2.43. The van der Waals surface area contributed by atoms with Crippen LogP contribution in [0.15, 0.2) is 0 Å². The van der Waals surface area contributed by atoms with Gasteiger partial charge in [0.15, 0.2) is 0 Å². The van der Waals surface area contributed by atoms with Gasteiger partial charge in [0.05, 0.1) is 0 Å². The lowest BCUT2D eigenvalue weighted by atomic mass is 10.3. The summed E-state index contributed by atoms with van der Waals surface area (Å²) in [4.78, 5) is 2.25. The molecule has 0 aromatic rings. The average molecular weight is 240 g/mol. The molecule has 0 heterocycles. The summed E-state index contributed by atoms with van der Waals surface area (Å²) in [7, 11) is 0. The average Bonchev–Trinajstić information content (AvgIpc) is 2.10. The van der Waals surface area contributed by atoms with Crippen LogP contribution in [0.25, 0.3) is 0 Å². The van der Waals surface area contributed by atoms with Crippen LogP contribution in [0.3, 0.4) is 0 Å². The first-order valence-electron chi connectivity index (χ1n) is 3.61. The Balaban J connectivity index is 4.01. The molecule has 0 aliphatic rings. The highest BCUT2D eigenvalue weighted by Gasteiger charge is 2.59. The molecule has 0 amide bonds. The van der Waals surface area contributed by atoms with E-state index >= 15 is 0 Å². The van der Waals surface area contributed by atoms with E-state index in [1.165, 1.54) is 0 Å². The molecule has 0 rings (SSSR count). The van der Waals surface area contributed by atoms with Crippen LogP contribution < -0.4 is 0 Å². The summed E-state index contributed by atoms with van der Waals surface area (Å²) in [5.41, 5.74) is 0. The summed E-state index contributed by atoms with van der Waals surface area (Å²) in [6.07, 6.45) is -5.12. The number of ether oxygens (including phenoxy) is 1. The third kappa shape index (κ3) is 3.97. The van der Waals surface area contributed by atoms with Crippen LogP contribution >= 0.6 is 12.6 Å². The third-order valence-electron chi connectivity index (χ3n) is 1.28. The lowest BCUT2D eigenvalue weighted by Crippen LogP contribution is -2.46. The minimum Gasteiger partial charge on any atom is -0.375 e. The molecule has 0 aromatic carbocycles. The predicted molar refractivity (Wildman–Crippen MR) is 41.4 cm³/mol. The van der Waals surface area contributed by atoms with Gasteiger partial charge in [0.1, 0.15) is 6.61 Å². The number of hydrogen-bond donors (Lipinski definition) is 1. The van der Waals surface area contributed by atoms with Crippen LogP contribution in [-0.2, 0) is 9.68 Å². The number of alkyl halides is 4. The molecule has 0 fully saturated rings. The molecule has 0 saturated carbocycles. The summed E-state index contributed by atoms with van der Waals surface area (Å²) in [6, 6.07) is 0. The maximum atomic E-state index is 12.6. The van der Waals surface area contributed by atoms with Gasteiger partial charge >= 0.3 is 12.0 Å². The lowest BCUT2D eigenvalue weighted by Gasteiger charge is -2.22. The molecule has 0 spiro atoms. The quantitative estimate of drug-likeness (QED) is 0.436. The number of halogens is 5. The van der Waals surface area contributed by atoms with Crippen molar-refractivity contribution in [2.45, 2.75) is 18.5 Å². The third-order valence-corrected chi connectivity index (χ3v) is 1.60. The molecule has 1 atom stereocenters. The fraction of sp³-hybridized carbons (Fsp3) is 1.00.